The van der Waals surface area contributed by atoms with Gasteiger partial charge in [0.1, 0.15) is 11.9 Å². The van der Waals surface area contributed by atoms with E-state index in [0.29, 0.717) is 39.7 Å². The molecule has 1 fully saturated rings. The van der Waals surface area contributed by atoms with Crippen molar-refractivity contribution in [1.82, 2.24) is 0 Å². The van der Waals surface area contributed by atoms with Crippen molar-refractivity contribution < 1.29 is 13.2 Å². The summed E-state index contributed by atoms with van der Waals surface area (Å²) in [7, 11) is -3.44. The lowest BCUT2D eigenvalue weighted by Gasteiger charge is -2.34. The summed E-state index contributed by atoms with van der Waals surface area (Å²) in [4.78, 5) is 0.830. The van der Waals surface area contributed by atoms with Crippen molar-refractivity contribution in [2.45, 2.75) is 30.8 Å². The van der Waals surface area contributed by atoms with Crippen LogP contribution in [0.5, 0.6) is 0 Å². The molecule has 110 valence electrons. The van der Waals surface area contributed by atoms with Crippen LogP contribution < -0.4 is 0 Å². The Morgan fingerprint density at radius 2 is 1.81 bits per heavy atom. The fourth-order valence-electron chi connectivity index (χ4n) is 3.99. The molecule has 2 unspecified atom stereocenters. The topological polar surface area (TPSA) is 43.4 Å². The van der Waals surface area contributed by atoms with Crippen molar-refractivity contribution in [3.8, 4) is 0 Å². The summed E-state index contributed by atoms with van der Waals surface area (Å²) in [5.41, 5.74) is 0. The van der Waals surface area contributed by atoms with E-state index < -0.39 is 9.84 Å². The molecule has 0 spiro atoms. The van der Waals surface area contributed by atoms with Crippen LogP contribution >= 0.6 is 0 Å². The van der Waals surface area contributed by atoms with Crippen molar-refractivity contribution in [3.05, 3.63) is 53.1 Å². The van der Waals surface area contributed by atoms with Gasteiger partial charge in [-0.05, 0) is 37.8 Å². The molecule has 21 heavy (non-hydrogen) atoms. The molecular weight excluding hydrogens is 284 g/mol. The third kappa shape index (κ3) is 1.89. The van der Waals surface area contributed by atoms with E-state index in [0.717, 1.165) is 6.42 Å². The minimum atomic E-state index is -3.44. The molecule has 1 heterocycles. The summed E-state index contributed by atoms with van der Waals surface area (Å²) in [5.74, 6) is 1.85. The Balaban J connectivity index is 1.73. The fourth-order valence-corrected chi connectivity index (χ4v) is 5.63. The molecule has 1 aliphatic heterocycles. The predicted octanol–water partition coefficient (Wildman–Crippen LogP) is 3.30. The Hall–Kier alpha value is -1.55. The van der Waals surface area contributed by atoms with Crippen LogP contribution in [-0.2, 0) is 14.6 Å². The SMILES string of the molecule is CC1=C(S(=O)(=O)c2ccccc2)C[C@H]2C3C=CC(C3)[C@@H]2O1. The quantitative estimate of drug-likeness (QED) is 0.787. The van der Waals surface area contributed by atoms with Gasteiger partial charge in [-0.2, -0.15) is 0 Å². The Morgan fingerprint density at radius 1 is 1.10 bits per heavy atom. The zero-order chi connectivity index (χ0) is 14.6. The standard InChI is InChI=1S/C17H18O3S/c1-11-16(21(18,19)14-5-3-2-4-6-14)10-15-12-7-8-13(9-12)17(15)20-11/h2-8,12-13,15,17H,9-10H2,1H3/t12?,13?,15-,17-/m0/s1. The van der Waals surface area contributed by atoms with Crippen molar-refractivity contribution in [2.75, 3.05) is 0 Å². The summed E-state index contributed by atoms with van der Waals surface area (Å²) >= 11 is 0. The summed E-state index contributed by atoms with van der Waals surface area (Å²) < 4.78 is 31.7. The molecule has 0 amide bonds. The first-order chi connectivity index (χ1) is 10.1. The third-order valence-electron chi connectivity index (χ3n) is 5.05. The Bertz CT molecular complexity index is 731. The van der Waals surface area contributed by atoms with Gasteiger partial charge in [0.25, 0.3) is 0 Å². The average Bonchev–Trinajstić information content (AvgIpc) is 3.09. The molecule has 0 radical (unpaired) electrons. The Labute approximate surface area is 125 Å². The van der Waals surface area contributed by atoms with Gasteiger partial charge in [0.15, 0.2) is 0 Å². The number of ether oxygens (including phenoxy) is 1. The molecule has 2 bridgehead atoms. The van der Waals surface area contributed by atoms with Crippen LogP contribution in [0, 0.1) is 17.8 Å². The van der Waals surface area contributed by atoms with Crippen LogP contribution in [0.1, 0.15) is 19.8 Å². The van der Waals surface area contributed by atoms with E-state index in [4.69, 9.17) is 4.74 Å². The molecule has 4 heteroatoms. The molecule has 2 aliphatic carbocycles. The maximum absolute atomic E-state index is 12.8. The van der Waals surface area contributed by atoms with Crippen molar-refractivity contribution in [2.24, 2.45) is 17.8 Å². The predicted molar refractivity (Wildman–Crippen MR) is 80.0 cm³/mol. The average molecular weight is 302 g/mol. The number of allylic oxidation sites excluding steroid dienone is 3. The van der Waals surface area contributed by atoms with Gasteiger partial charge in [0.2, 0.25) is 9.84 Å². The molecule has 3 aliphatic rings. The summed E-state index contributed by atoms with van der Waals surface area (Å²) in [6.07, 6.45) is 6.37. The highest BCUT2D eigenvalue weighted by Gasteiger charge is 2.49. The third-order valence-corrected chi connectivity index (χ3v) is 7.04. The van der Waals surface area contributed by atoms with E-state index in [2.05, 4.69) is 12.2 Å². The maximum atomic E-state index is 12.8. The van der Waals surface area contributed by atoms with E-state index in [9.17, 15) is 8.42 Å². The number of hydrogen-bond donors (Lipinski definition) is 0. The number of fused-ring (bicyclic) bond motifs is 5. The van der Waals surface area contributed by atoms with Crippen LogP contribution in [0.4, 0.5) is 0 Å². The lowest BCUT2D eigenvalue weighted by atomic mass is 9.86. The second-order valence-electron chi connectivity index (χ2n) is 6.19. The van der Waals surface area contributed by atoms with Gasteiger partial charge < -0.3 is 4.74 Å². The minimum absolute atomic E-state index is 0.176. The number of sulfone groups is 1. The molecule has 1 aromatic rings. The number of hydrogen-bond acceptors (Lipinski definition) is 3. The van der Waals surface area contributed by atoms with Gasteiger partial charge in [0.05, 0.1) is 9.80 Å². The first-order valence-electron chi connectivity index (χ1n) is 7.42. The fraction of sp³-hybridized carbons (Fsp3) is 0.412. The van der Waals surface area contributed by atoms with Crippen LogP contribution in [0.2, 0.25) is 0 Å². The van der Waals surface area contributed by atoms with Gasteiger partial charge >= 0.3 is 0 Å². The second-order valence-corrected chi connectivity index (χ2v) is 8.17. The van der Waals surface area contributed by atoms with Crippen LogP contribution in [-0.4, -0.2) is 14.5 Å². The zero-order valence-electron chi connectivity index (χ0n) is 11.9. The summed E-state index contributed by atoms with van der Waals surface area (Å²) in [6.45, 7) is 1.79. The van der Waals surface area contributed by atoms with Crippen molar-refractivity contribution >= 4 is 9.84 Å². The molecule has 4 atom stereocenters. The summed E-state index contributed by atoms with van der Waals surface area (Å²) in [6, 6.07) is 8.66. The van der Waals surface area contributed by atoms with E-state index in [1.54, 1.807) is 31.2 Å². The number of rotatable bonds is 2. The van der Waals surface area contributed by atoms with Crippen LogP contribution in [0.25, 0.3) is 0 Å². The molecule has 0 N–H and O–H groups in total. The highest BCUT2D eigenvalue weighted by Crippen LogP contribution is 2.52. The molecule has 4 rings (SSSR count). The molecule has 3 nitrogen and oxygen atoms in total. The normalized spacial score (nSPS) is 34.0. The van der Waals surface area contributed by atoms with Crippen molar-refractivity contribution in [1.29, 1.82) is 0 Å². The van der Waals surface area contributed by atoms with Gasteiger partial charge in [-0.3, -0.25) is 0 Å². The molecular formula is C17H18O3S. The highest BCUT2D eigenvalue weighted by molar-refractivity contribution is 7.95. The lowest BCUT2D eigenvalue weighted by Crippen LogP contribution is -2.33. The van der Waals surface area contributed by atoms with Crippen LogP contribution in [0.15, 0.2) is 58.0 Å². The Kier molecular flexibility index (Phi) is 2.80. The van der Waals surface area contributed by atoms with Gasteiger partial charge in [-0.1, -0.05) is 30.4 Å². The first kappa shape index (κ1) is 13.1. The van der Waals surface area contributed by atoms with E-state index in [-0.39, 0.29) is 6.10 Å². The monoisotopic (exact) mass is 302 g/mol. The molecule has 0 aromatic heterocycles. The zero-order valence-corrected chi connectivity index (χ0v) is 12.7. The van der Waals surface area contributed by atoms with E-state index in [1.807, 2.05) is 6.07 Å². The number of benzene rings is 1. The first-order valence-corrected chi connectivity index (χ1v) is 8.90. The lowest BCUT2D eigenvalue weighted by molar-refractivity contribution is 0.0391. The van der Waals surface area contributed by atoms with E-state index in [1.165, 1.54) is 0 Å². The largest absolute Gasteiger partial charge is 0.493 e. The smallest absolute Gasteiger partial charge is 0.206 e. The maximum Gasteiger partial charge on any atom is 0.206 e. The van der Waals surface area contributed by atoms with Gasteiger partial charge in [-0.25, -0.2) is 8.42 Å². The summed E-state index contributed by atoms with van der Waals surface area (Å²) in [5, 5.41) is 0. The van der Waals surface area contributed by atoms with Crippen LogP contribution in [0.3, 0.4) is 0 Å². The van der Waals surface area contributed by atoms with Gasteiger partial charge in [-0.15, -0.1) is 0 Å². The van der Waals surface area contributed by atoms with E-state index >= 15 is 0 Å². The minimum Gasteiger partial charge on any atom is -0.493 e. The molecule has 0 saturated heterocycles. The van der Waals surface area contributed by atoms with Crippen molar-refractivity contribution in [3.63, 3.8) is 0 Å². The second kappa shape index (κ2) is 4.47. The molecule has 1 saturated carbocycles. The Morgan fingerprint density at radius 3 is 2.57 bits per heavy atom. The van der Waals surface area contributed by atoms with Gasteiger partial charge in [0, 0.05) is 11.8 Å². The molecule has 1 aromatic carbocycles. The highest BCUT2D eigenvalue weighted by atomic mass is 32.2.